The van der Waals surface area contributed by atoms with Crippen molar-refractivity contribution >= 4 is 0 Å². The average molecular weight is 216 g/mol. The number of nitrogens with two attached hydrogens (primary N) is 1. The van der Waals surface area contributed by atoms with Crippen molar-refractivity contribution in [3.63, 3.8) is 0 Å². The summed E-state index contributed by atoms with van der Waals surface area (Å²) in [5.41, 5.74) is 8.47. The van der Waals surface area contributed by atoms with Gasteiger partial charge in [-0.05, 0) is 30.5 Å². The van der Waals surface area contributed by atoms with Crippen LogP contribution >= 0.6 is 0 Å². The van der Waals surface area contributed by atoms with Crippen LogP contribution in [0.3, 0.4) is 0 Å². The first-order chi connectivity index (χ1) is 7.90. The van der Waals surface area contributed by atoms with Crippen LogP contribution < -0.4 is 5.73 Å². The Kier molecular flexibility index (Phi) is 4.14. The summed E-state index contributed by atoms with van der Waals surface area (Å²) in [7, 11) is 0. The smallest absolute Gasteiger partial charge is 0.0239 e. The van der Waals surface area contributed by atoms with Crippen LogP contribution in [-0.4, -0.2) is 24.5 Å². The van der Waals surface area contributed by atoms with E-state index in [0.717, 1.165) is 26.1 Å². The van der Waals surface area contributed by atoms with Gasteiger partial charge in [0.15, 0.2) is 0 Å². The van der Waals surface area contributed by atoms with Crippen LogP contribution in [0.25, 0.3) is 0 Å². The van der Waals surface area contributed by atoms with Gasteiger partial charge in [0.25, 0.3) is 0 Å². The van der Waals surface area contributed by atoms with E-state index in [-0.39, 0.29) is 0 Å². The van der Waals surface area contributed by atoms with Crippen molar-refractivity contribution in [2.24, 2.45) is 5.73 Å². The van der Waals surface area contributed by atoms with E-state index in [4.69, 9.17) is 5.73 Å². The third kappa shape index (κ3) is 2.94. The van der Waals surface area contributed by atoms with Crippen LogP contribution in [0.2, 0.25) is 0 Å². The van der Waals surface area contributed by atoms with Crippen molar-refractivity contribution in [2.75, 3.05) is 19.6 Å². The minimum atomic E-state index is 0.733. The standard InChI is InChI=1S/C14H20N2/c15-9-8-13-6-2-3-7-14(13)12-16-10-4-1-5-11-16/h1-4,6-7H,5,8-12,15H2. The van der Waals surface area contributed by atoms with E-state index in [2.05, 4.69) is 41.3 Å². The predicted octanol–water partition coefficient (Wildman–Crippen LogP) is 1.95. The minimum absolute atomic E-state index is 0.733. The van der Waals surface area contributed by atoms with Crippen molar-refractivity contribution in [1.82, 2.24) is 4.90 Å². The summed E-state index contributed by atoms with van der Waals surface area (Å²) in [5.74, 6) is 0. The molecule has 0 bridgehead atoms. The maximum absolute atomic E-state index is 5.64. The second-order valence-electron chi connectivity index (χ2n) is 4.30. The lowest BCUT2D eigenvalue weighted by Gasteiger charge is -2.24. The molecule has 86 valence electrons. The van der Waals surface area contributed by atoms with Gasteiger partial charge in [-0.2, -0.15) is 0 Å². The van der Waals surface area contributed by atoms with Gasteiger partial charge >= 0.3 is 0 Å². The Hall–Kier alpha value is -1.12. The zero-order valence-corrected chi connectivity index (χ0v) is 9.73. The fourth-order valence-electron chi connectivity index (χ4n) is 2.19. The van der Waals surface area contributed by atoms with Gasteiger partial charge in [-0.3, -0.25) is 4.90 Å². The zero-order valence-electron chi connectivity index (χ0n) is 9.73. The molecule has 1 aromatic rings. The summed E-state index contributed by atoms with van der Waals surface area (Å²) in [6.45, 7) is 4.04. The van der Waals surface area contributed by atoms with Gasteiger partial charge in [-0.25, -0.2) is 0 Å². The van der Waals surface area contributed by atoms with E-state index >= 15 is 0 Å². The molecule has 1 heterocycles. The summed E-state index contributed by atoms with van der Waals surface area (Å²) in [4.78, 5) is 2.48. The van der Waals surface area contributed by atoms with Crippen LogP contribution in [0.1, 0.15) is 17.5 Å². The lowest BCUT2D eigenvalue weighted by atomic mass is 10.0. The first-order valence-corrected chi connectivity index (χ1v) is 6.04. The topological polar surface area (TPSA) is 29.3 Å². The summed E-state index contributed by atoms with van der Waals surface area (Å²) in [6.07, 6.45) is 6.69. The lowest BCUT2D eigenvalue weighted by molar-refractivity contribution is 0.290. The highest BCUT2D eigenvalue weighted by Gasteiger charge is 2.08. The molecule has 0 saturated heterocycles. The van der Waals surface area contributed by atoms with Gasteiger partial charge in [0.2, 0.25) is 0 Å². The van der Waals surface area contributed by atoms with Crippen LogP contribution in [0.5, 0.6) is 0 Å². The third-order valence-electron chi connectivity index (χ3n) is 3.07. The Bertz CT molecular complexity index is 358. The number of benzene rings is 1. The monoisotopic (exact) mass is 216 g/mol. The Morgan fingerprint density at radius 3 is 2.62 bits per heavy atom. The van der Waals surface area contributed by atoms with Crippen molar-refractivity contribution in [1.29, 1.82) is 0 Å². The van der Waals surface area contributed by atoms with Gasteiger partial charge < -0.3 is 5.73 Å². The summed E-state index contributed by atoms with van der Waals surface area (Å²) >= 11 is 0. The van der Waals surface area contributed by atoms with Crippen LogP contribution in [0.15, 0.2) is 36.4 Å². The van der Waals surface area contributed by atoms with E-state index in [1.165, 1.54) is 24.1 Å². The van der Waals surface area contributed by atoms with E-state index in [1.807, 2.05) is 0 Å². The Labute approximate surface area is 97.8 Å². The normalized spacial score (nSPS) is 16.6. The molecule has 2 heteroatoms. The first-order valence-electron chi connectivity index (χ1n) is 6.04. The molecule has 0 fully saturated rings. The van der Waals surface area contributed by atoms with Gasteiger partial charge in [-0.15, -0.1) is 0 Å². The van der Waals surface area contributed by atoms with E-state index in [9.17, 15) is 0 Å². The predicted molar refractivity (Wildman–Crippen MR) is 68.2 cm³/mol. The average Bonchev–Trinajstić information content (AvgIpc) is 2.33. The molecule has 0 aliphatic carbocycles. The highest BCUT2D eigenvalue weighted by atomic mass is 15.1. The number of rotatable bonds is 4. The highest BCUT2D eigenvalue weighted by molar-refractivity contribution is 5.27. The molecule has 0 amide bonds. The van der Waals surface area contributed by atoms with Crippen LogP contribution in [0, 0.1) is 0 Å². The van der Waals surface area contributed by atoms with Crippen molar-refractivity contribution < 1.29 is 0 Å². The van der Waals surface area contributed by atoms with Crippen LogP contribution in [0.4, 0.5) is 0 Å². The van der Waals surface area contributed by atoms with Crippen molar-refractivity contribution in [2.45, 2.75) is 19.4 Å². The number of hydrogen-bond acceptors (Lipinski definition) is 2. The largest absolute Gasteiger partial charge is 0.330 e. The van der Waals surface area contributed by atoms with Crippen molar-refractivity contribution in [3.8, 4) is 0 Å². The molecule has 0 atom stereocenters. The Morgan fingerprint density at radius 1 is 1.12 bits per heavy atom. The van der Waals surface area contributed by atoms with Gasteiger partial charge in [0.1, 0.15) is 0 Å². The molecule has 0 saturated carbocycles. The van der Waals surface area contributed by atoms with E-state index in [0.29, 0.717) is 0 Å². The highest BCUT2D eigenvalue weighted by Crippen LogP contribution is 2.13. The quantitative estimate of drug-likeness (QED) is 0.779. The maximum atomic E-state index is 5.64. The summed E-state index contributed by atoms with van der Waals surface area (Å²) in [6, 6.07) is 8.64. The van der Waals surface area contributed by atoms with Gasteiger partial charge in [0.05, 0.1) is 0 Å². The molecule has 1 aliphatic rings. The molecule has 0 unspecified atom stereocenters. The lowest BCUT2D eigenvalue weighted by Crippen LogP contribution is -2.27. The Morgan fingerprint density at radius 2 is 1.94 bits per heavy atom. The first kappa shape index (κ1) is 11.4. The minimum Gasteiger partial charge on any atom is -0.330 e. The SMILES string of the molecule is NCCc1ccccc1CN1CC=CCC1. The summed E-state index contributed by atoms with van der Waals surface area (Å²) < 4.78 is 0. The third-order valence-corrected chi connectivity index (χ3v) is 3.07. The fraction of sp³-hybridized carbons (Fsp3) is 0.429. The zero-order chi connectivity index (χ0) is 11.2. The fourth-order valence-corrected chi connectivity index (χ4v) is 2.19. The molecule has 1 aromatic carbocycles. The van der Waals surface area contributed by atoms with Crippen LogP contribution in [-0.2, 0) is 13.0 Å². The second kappa shape index (κ2) is 5.83. The Balaban J connectivity index is 2.04. The van der Waals surface area contributed by atoms with Gasteiger partial charge in [0, 0.05) is 19.6 Å². The number of hydrogen-bond donors (Lipinski definition) is 1. The molecule has 2 rings (SSSR count). The molecule has 16 heavy (non-hydrogen) atoms. The van der Waals surface area contributed by atoms with E-state index < -0.39 is 0 Å². The second-order valence-corrected chi connectivity index (χ2v) is 4.30. The molecule has 2 nitrogen and oxygen atoms in total. The number of nitrogens with zero attached hydrogens (tertiary/aromatic N) is 1. The van der Waals surface area contributed by atoms with E-state index in [1.54, 1.807) is 0 Å². The van der Waals surface area contributed by atoms with Crippen molar-refractivity contribution in [3.05, 3.63) is 47.5 Å². The molecule has 2 N–H and O–H groups in total. The summed E-state index contributed by atoms with van der Waals surface area (Å²) in [5, 5.41) is 0. The molecule has 0 radical (unpaired) electrons. The molecular formula is C14H20N2. The molecule has 0 spiro atoms. The van der Waals surface area contributed by atoms with Gasteiger partial charge in [-0.1, -0.05) is 36.4 Å². The maximum Gasteiger partial charge on any atom is 0.0239 e. The molecular weight excluding hydrogens is 196 g/mol. The molecule has 0 aromatic heterocycles. The molecule has 1 aliphatic heterocycles.